The minimum atomic E-state index is 0.0666. The SMILES string of the molecule is Cn1cc(-c2cnc(N)c(NCC3=NC4CC=NN4C=C3)n2)cn1. The fourth-order valence-corrected chi connectivity index (χ4v) is 2.57. The van der Waals surface area contributed by atoms with Crippen LogP contribution in [0.15, 0.2) is 41.0 Å². The largest absolute Gasteiger partial charge is 0.381 e. The third-order valence-corrected chi connectivity index (χ3v) is 3.81. The van der Waals surface area contributed by atoms with Crippen LogP contribution >= 0.6 is 0 Å². The summed E-state index contributed by atoms with van der Waals surface area (Å²) in [5.41, 5.74) is 8.47. The number of aromatic nitrogens is 4. The van der Waals surface area contributed by atoms with Gasteiger partial charge in [0.05, 0.1) is 30.3 Å². The molecule has 0 spiro atoms. The predicted molar refractivity (Wildman–Crippen MR) is 92.4 cm³/mol. The summed E-state index contributed by atoms with van der Waals surface area (Å²) in [6.07, 6.45) is 11.9. The first-order valence-corrected chi connectivity index (χ1v) is 7.60. The van der Waals surface area contributed by atoms with E-state index in [2.05, 4.69) is 30.5 Å². The molecule has 0 bridgehead atoms. The summed E-state index contributed by atoms with van der Waals surface area (Å²) in [4.78, 5) is 13.4. The maximum atomic E-state index is 5.93. The molecule has 2 aromatic rings. The lowest BCUT2D eigenvalue weighted by atomic mass is 10.2. The Kier molecular flexibility index (Phi) is 3.45. The van der Waals surface area contributed by atoms with Gasteiger partial charge >= 0.3 is 0 Å². The number of aryl methyl sites for hydroxylation is 1. The van der Waals surface area contributed by atoms with Crippen LogP contribution in [0.25, 0.3) is 11.3 Å². The molecule has 0 radical (unpaired) electrons. The van der Waals surface area contributed by atoms with Gasteiger partial charge in [-0.3, -0.25) is 9.67 Å². The number of nitrogens with two attached hydrogens (primary N) is 1. The number of hydrogen-bond donors (Lipinski definition) is 2. The second-order valence-electron chi connectivity index (χ2n) is 5.58. The van der Waals surface area contributed by atoms with E-state index in [0.717, 1.165) is 23.4 Å². The highest BCUT2D eigenvalue weighted by Crippen LogP contribution is 2.21. The molecule has 2 aliphatic rings. The quantitative estimate of drug-likeness (QED) is 0.863. The summed E-state index contributed by atoms with van der Waals surface area (Å²) < 4.78 is 1.72. The molecule has 1 atom stereocenters. The Morgan fingerprint density at radius 3 is 3.12 bits per heavy atom. The van der Waals surface area contributed by atoms with Crippen molar-refractivity contribution in [2.75, 3.05) is 17.6 Å². The van der Waals surface area contributed by atoms with Crippen LogP contribution in [0.2, 0.25) is 0 Å². The van der Waals surface area contributed by atoms with E-state index in [1.54, 1.807) is 17.1 Å². The molecule has 0 amide bonds. The molecule has 2 aromatic heterocycles. The molecule has 122 valence electrons. The third-order valence-electron chi connectivity index (χ3n) is 3.81. The number of nitrogen functional groups attached to an aromatic ring is 1. The lowest BCUT2D eigenvalue weighted by Crippen LogP contribution is -2.27. The highest BCUT2D eigenvalue weighted by atomic mass is 15.5. The normalized spacial score (nSPS) is 18.6. The second-order valence-corrected chi connectivity index (χ2v) is 5.58. The van der Waals surface area contributed by atoms with E-state index in [4.69, 9.17) is 5.73 Å². The standard InChI is InChI=1S/C15H17N9/c1-23-9-10(6-20-23)12-8-17-14(16)15(22-12)18-7-11-3-5-24-13(21-11)2-4-19-24/h3-6,8-9,13H,2,7H2,1H3,(H2,16,17)(H,18,22). The number of aliphatic imine (C=N–C) groups is 1. The average Bonchev–Trinajstić information content (AvgIpc) is 3.22. The Balaban J connectivity index is 1.49. The van der Waals surface area contributed by atoms with Crippen molar-refractivity contribution in [3.8, 4) is 11.3 Å². The van der Waals surface area contributed by atoms with E-state index in [1.165, 1.54) is 0 Å². The first kappa shape index (κ1) is 14.4. The fourth-order valence-electron chi connectivity index (χ4n) is 2.57. The maximum absolute atomic E-state index is 5.93. The number of hydrazone groups is 1. The van der Waals surface area contributed by atoms with Gasteiger partial charge in [-0.05, 0) is 6.08 Å². The zero-order chi connectivity index (χ0) is 16.5. The maximum Gasteiger partial charge on any atom is 0.169 e. The van der Waals surface area contributed by atoms with Crippen LogP contribution in [0.1, 0.15) is 6.42 Å². The van der Waals surface area contributed by atoms with Crippen molar-refractivity contribution >= 4 is 23.6 Å². The minimum Gasteiger partial charge on any atom is -0.381 e. The molecular formula is C15H17N9. The van der Waals surface area contributed by atoms with Gasteiger partial charge in [0.1, 0.15) is 6.17 Å². The van der Waals surface area contributed by atoms with E-state index < -0.39 is 0 Å². The Bertz CT molecular complexity index is 848. The number of fused-ring (bicyclic) bond motifs is 1. The van der Waals surface area contributed by atoms with E-state index in [1.807, 2.05) is 36.7 Å². The van der Waals surface area contributed by atoms with Crippen molar-refractivity contribution in [1.29, 1.82) is 0 Å². The van der Waals surface area contributed by atoms with Gasteiger partial charge in [-0.1, -0.05) is 0 Å². The molecule has 4 rings (SSSR count). The first-order chi connectivity index (χ1) is 11.7. The number of rotatable bonds is 4. The summed E-state index contributed by atoms with van der Waals surface area (Å²) in [5.74, 6) is 0.895. The van der Waals surface area contributed by atoms with E-state index >= 15 is 0 Å². The summed E-state index contributed by atoms with van der Waals surface area (Å²) >= 11 is 0. The molecule has 0 fully saturated rings. The van der Waals surface area contributed by atoms with Gasteiger partial charge < -0.3 is 11.1 Å². The summed E-state index contributed by atoms with van der Waals surface area (Å²) in [6.45, 7) is 0.524. The molecule has 0 saturated heterocycles. The van der Waals surface area contributed by atoms with Crippen molar-refractivity contribution in [3.05, 3.63) is 30.9 Å². The van der Waals surface area contributed by atoms with Crippen molar-refractivity contribution in [1.82, 2.24) is 24.8 Å². The van der Waals surface area contributed by atoms with Crippen LogP contribution in [0.5, 0.6) is 0 Å². The minimum absolute atomic E-state index is 0.0666. The van der Waals surface area contributed by atoms with Gasteiger partial charge in [0.2, 0.25) is 0 Å². The predicted octanol–water partition coefficient (Wildman–Crippen LogP) is 0.857. The van der Waals surface area contributed by atoms with E-state index in [9.17, 15) is 0 Å². The van der Waals surface area contributed by atoms with Crippen molar-refractivity contribution in [2.24, 2.45) is 17.1 Å². The van der Waals surface area contributed by atoms with Gasteiger partial charge in [-0.15, -0.1) is 0 Å². The lowest BCUT2D eigenvalue weighted by Gasteiger charge is -2.21. The van der Waals surface area contributed by atoms with Crippen LogP contribution in [0, 0.1) is 0 Å². The number of nitrogens with one attached hydrogen (secondary N) is 1. The van der Waals surface area contributed by atoms with Crippen LogP contribution in [0.4, 0.5) is 11.6 Å². The Morgan fingerprint density at radius 2 is 2.29 bits per heavy atom. The van der Waals surface area contributed by atoms with Crippen molar-refractivity contribution in [2.45, 2.75) is 12.6 Å². The van der Waals surface area contributed by atoms with Crippen LogP contribution < -0.4 is 11.1 Å². The smallest absolute Gasteiger partial charge is 0.169 e. The third kappa shape index (κ3) is 2.71. The number of hydrogen-bond acceptors (Lipinski definition) is 8. The number of nitrogens with zero attached hydrogens (tertiary/aromatic N) is 7. The van der Waals surface area contributed by atoms with Gasteiger partial charge in [0, 0.05) is 37.6 Å². The Hall–Kier alpha value is -3.23. The zero-order valence-electron chi connectivity index (χ0n) is 13.2. The van der Waals surface area contributed by atoms with Crippen LogP contribution in [0.3, 0.4) is 0 Å². The highest BCUT2D eigenvalue weighted by Gasteiger charge is 2.21. The topological polar surface area (TPSA) is 110 Å². The van der Waals surface area contributed by atoms with Gasteiger partial charge in [0.15, 0.2) is 11.6 Å². The zero-order valence-corrected chi connectivity index (χ0v) is 13.2. The molecule has 9 nitrogen and oxygen atoms in total. The average molecular weight is 323 g/mol. The Morgan fingerprint density at radius 1 is 1.38 bits per heavy atom. The van der Waals surface area contributed by atoms with Crippen molar-refractivity contribution < 1.29 is 0 Å². The summed E-state index contributed by atoms with van der Waals surface area (Å²) in [7, 11) is 1.86. The molecule has 2 aliphatic heterocycles. The molecular weight excluding hydrogens is 306 g/mol. The van der Waals surface area contributed by atoms with E-state index in [0.29, 0.717) is 18.2 Å². The molecule has 0 aromatic carbocycles. The van der Waals surface area contributed by atoms with Crippen LogP contribution in [-0.2, 0) is 7.05 Å². The summed E-state index contributed by atoms with van der Waals surface area (Å²) in [5, 5.41) is 13.4. The lowest BCUT2D eigenvalue weighted by molar-refractivity contribution is 0.328. The number of anilines is 2. The van der Waals surface area contributed by atoms with Crippen molar-refractivity contribution in [3.63, 3.8) is 0 Å². The summed E-state index contributed by atoms with van der Waals surface area (Å²) in [6, 6.07) is 0. The first-order valence-electron chi connectivity index (χ1n) is 7.60. The van der Waals surface area contributed by atoms with Crippen LogP contribution in [-0.4, -0.2) is 49.4 Å². The monoisotopic (exact) mass is 323 g/mol. The Labute approximate surface area is 138 Å². The van der Waals surface area contributed by atoms with Gasteiger partial charge in [0.25, 0.3) is 0 Å². The highest BCUT2D eigenvalue weighted by molar-refractivity contribution is 5.99. The second kappa shape index (κ2) is 5.76. The molecule has 3 N–H and O–H groups in total. The molecule has 0 saturated carbocycles. The fraction of sp³-hybridized carbons (Fsp3) is 0.267. The van der Waals surface area contributed by atoms with E-state index in [-0.39, 0.29) is 6.17 Å². The molecule has 4 heterocycles. The molecule has 24 heavy (non-hydrogen) atoms. The van der Waals surface area contributed by atoms with Gasteiger partial charge in [-0.25, -0.2) is 15.0 Å². The van der Waals surface area contributed by atoms with Gasteiger partial charge in [-0.2, -0.15) is 10.2 Å². The molecule has 9 heteroatoms. The molecule has 0 aliphatic carbocycles. The molecule has 1 unspecified atom stereocenters.